The Kier molecular flexibility index (Phi) is 4.25. The maximum atomic E-state index is 13.3. The number of benzene rings is 2. The van der Waals surface area contributed by atoms with Crippen LogP contribution in [0.25, 0.3) is 0 Å². The van der Waals surface area contributed by atoms with Crippen molar-refractivity contribution < 1.29 is 8.42 Å². The third-order valence-corrected chi connectivity index (χ3v) is 6.71. The highest BCUT2D eigenvalue weighted by atomic mass is 32.2. The van der Waals surface area contributed by atoms with Gasteiger partial charge in [-0.25, -0.2) is 12.7 Å². The van der Waals surface area contributed by atoms with Gasteiger partial charge in [-0.2, -0.15) is 0 Å². The Labute approximate surface area is 149 Å². The Balaban J connectivity index is 1.74. The van der Waals surface area contributed by atoms with Crippen molar-refractivity contribution in [2.24, 2.45) is 0 Å². The second-order valence-electron chi connectivity index (χ2n) is 6.54. The first kappa shape index (κ1) is 16.2. The van der Waals surface area contributed by atoms with Crippen molar-refractivity contribution in [3.8, 4) is 0 Å². The van der Waals surface area contributed by atoms with Gasteiger partial charge in [0, 0.05) is 13.1 Å². The van der Waals surface area contributed by atoms with Crippen LogP contribution in [0.5, 0.6) is 0 Å². The van der Waals surface area contributed by atoms with Crippen molar-refractivity contribution >= 4 is 10.0 Å². The maximum Gasteiger partial charge on any atom is 0.266 e. The van der Waals surface area contributed by atoms with Crippen molar-refractivity contribution in [1.82, 2.24) is 9.21 Å². The van der Waals surface area contributed by atoms with Crippen LogP contribution in [-0.4, -0.2) is 30.7 Å². The van der Waals surface area contributed by atoms with Crippen LogP contribution in [0.1, 0.15) is 30.9 Å². The third kappa shape index (κ3) is 2.93. The van der Waals surface area contributed by atoms with Gasteiger partial charge in [-0.05, 0) is 43.0 Å². The van der Waals surface area contributed by atoms with Gasteiger partial charge < -0.3 is 4.90 Å². The summed E-state index contributed by atoms with van der Waals surface area (Å²) >= 11 is 0. The fourth-order valence-corrected chi connectivity index (χ4v) is 5.20. The number of likely N-dealkylation sites (tertiary alicyclic amines) is 1. The molecule has 1 fully saturated rings. The van der Waals surface area contributed by atoms with Gasteiger partial charge >= 0.3 is 0 Å². The molecule has 4 nitrogen and oxygen atoms in total. The summed E-state index contributed by atoms with van der Waals surface area (Å²) in [6.45, 7) is 1.85. The van der Waals surface area contributed by atoms with E-state index in [4.69, 9.17) is 0 Å². The van der Waals surface area contributed by atoms with Crippen LogP contribution in [0.2, 0.25) is 0 Å². The molecule has 0 amide bonds. The molecule has 25 heavy (non-hydrogen) atoms. The summed E-state index contributed by atoms with van der Waals surface area (Å²) in [6.07, 6.45) is 5.54. The molecule has 0 aliphatic carbocycles. The van der Waals surface area contributed by atoms with Crippen LogP contribution in [0.3, 0.4) is 0 Å². The first-order valence-corrected chi connectivity index (χ1v) is 10.2. The lowest BCUT2D eigenvalue weighted by Crippen LogP contribution is -2.48. The minimum Gasteiger partial charge on any atom is -0.358 e. The summed E-state index contributed by atoms with van der Waals surface area (Å²) < 4.78 is 28.2. The molecule has 5 heteroatoms. The highest BCUT2D eigenvalue weighted by Gasteiger charge is 2.42. The van der Waals surface area contributed by atoms with Crippen LogP contribution in [0.4, 0.5) is 0 Å². The van der Waals surface area contributed by atoms with Gasteiger partial charge in [0.2, 0.25) is 0 Å². The SMILES string of the molecule is O=S(=O)(c1ccccc1)N1C(N2CCCCC2)=CC1c1ccccc1. The molecule has 2 aliphatic heterocycles. The summed E-state index contributed by atoms with van der Waals surface area (Å²) in [5.74, 6) is 0.831. The van der Waals surface area contributed by atoms with Gasteiger partial charge in [0.1, 0.15) is 5.82 Å². The fraction of sp³-hybridized carbons (Fsp3) is 0.300. The van der Waals surface area contributed by atoms with Gasteiger partial charge in [0.25, 0.3) is 10.0 Å². The molecule has 0 spiro atoms. The molecule has 0 bridgehead atoms. The number of nitrogens with zero attached hydrogens (tertiary/aromatic N) is 2. The van der Waals surface area contributed by atoms with Gasteiger partial charge in [-0.15, -0.1) is 0 Å². The highest BCUT2D eigenvalue weighted by molar-refractivity contribution is 7.89. The highest BCUT2D eigenvalue weighted by Crippen LogP contribution is 2.42. The summed E-state index contributed by atoms with van der Waals surface area (Å²) in [4.78, 5) is 2.56. The number of hydrogen-bond acceptors (Lipinski definition) is 3. The monoisotopic (exact) mass is 354 g/mol. The van der Waals surface area contributed by atoms with Crippen LogP contribution in [0, 0.1) is 0 Å². The van der Waals surface area contributed by atoms with Gasteiger partial charge in [0.05, 0.1) is 10.9 Å². The van der Waals surface area contributed by atoms with Crippen molar-refractivity contribution in [2.45, 2.75) is 30.2 Å². The Morgan fingerprint density at radius 3 is 2.04 bits per heavy atom. The smallest absolute Gasteiger partial charge is 0.266 e. The van der Waals surface area contributed by atoms with E-state index in [2.05, 4.69) is 11.0 Å². The zero-order valence-corrected chi connectivity index (χ0v) is 14.9. The fourth-order valence-electron chi connectivity index (χ4n) is 3.57. The number of sulfonamides is 1. The molecule has 0 radical (unpaired) electrons. The molecular weight excluding hydrogens is 332 g/mol. The Morgan fingerprint density at radius 2 is 1.40 bits per heavy atom. The van der Waals surface area contributed by atoms with E-state index in [-0.39, 0.29) is 6.04 Å². The van der Waals surface area contributed by atoms with Crippen molar-refractivity contribution in [3.63, 3.8) is 0 Å². The molecular formula is C20H22N2O2S. The second-order valence-corrected chi connectivity index (χ2v) is 8.36. The van der Waals surface area contributed by atoms with Gasteiger partial charge in [0.15, 0.2) is 0 Å². The summed E-state index contributed by atoms with van der Waals surface area (Å²) in [6, 6.07) is 18.3. The van der Waals surface area contributed by atoms with Crippen molar-refractivity contribution in [3.05, 3.63) is 78.1 Å². The van der Waals surface area contributed by atoms with Crippen LogP contribution in [-0.2, 0) is 10.0 Å². The number of hydrogen-bond donors (Lipinski definition) is 0. The van der Waals surface area contributed by atoms with Gasteiger partial charge in [-0.1, -0.05) is 48.5 Å². The number of piperidine rings is 1. The van der Waals surface area contributed by atoms with E-state index in [0.29, 0.717) is 4.90 Å². The predicted molar refractivity (Wildman–Crippen MR) is 98.2 cm³/mol. The molecule has 0 aromatic heterocycles. The molecule has 0 N–H and O–H groups in total. The molecule has 0 saturated carbocycles. The summed E-state index contributed by atoms with van der Waals surface area (Å²) in [5, 5.41) is 0. The molecule has 2 aromatic rings. The van der Waals surface area contributed by atoms with E-state index >= 15 is 0 Å². The lowest BCUT2D eigenvalue weighted by Gasteiger charge is -2.46. The minimum absolute atomic E-state index is 0.233. The van der Waals surface area contributed by atoms with E-state index in [0.717, 1.165) is 37.3 Å². The van der Waals surface area contributed by atoms with E-state index in [1.54, 1.807) is 28.6 Å². The Hall–Kier alpha value is -2.27. The topological polar surface area (TPSA) is 40.6 Å². The first-order valence-electron chi connectivity index (χ1n) is 8.79. The molecule has 1 unspecified atom stereocenters. The standard InChI is InChI=1S/C20H22N2O2S/c23-25(24,18-12-6-2-7-13-18)22-19(17-10-4-1-5-11-17)16-20(22)21-14-8-3-9-15-21/h1-2,4-7,10-13,16,19H,3,8-9,14-15H2. The summed E-state index contributed by atoms with van der Waals surface area (Å²) in [5.41, 5.74) is 1.00. The average molecular weight is 354 g/mol. The van der Waals surface area contributed by atoms with Crippen LogP contribution >= 0.6 is 0 Å². The molecule has 1 atom stereocenters. The largest absolute Gasteiger partial charge is 0.358 e. The minimum atomic E-state index is -3.57. The molecule has 2 aliphatic rings. The van der Waals surface area contributed by atoms with E-state index < -0.39 is 10.0 Å². The van der Waals surface area contributed by atoms with Gasteiger partial charge in [-0.3, -0.25) is 0 Å². The molecule has 1 saturated heterocycles. The zero-order chi connectivity index (χ0) is 17.3. The zero-order valence-electron chi connectivity index (χ0n) is 14.1. The van der Waals surface area contributed by atoms with Crippen LogP contribution < -0.4 is 0 Å². The predicted octanol–water partition coefficient (Wildman–Crippen LogP) is 3.76. The van der Waals surface area contributed by atoms with Crippen LogP contribution in [0.15, 0.2) is 77.5 Å². The Morgan fingerprint density at radius 1 is 0.800 bits per heavy atom. The maximum absolute atomic E-state index is 13.3. The quantitative estimate of drug-likeness (QED) is 0.839. The molecule has 4 rings (SSSR count). The van der Waals surface area contributed by atoms with E-state index in [9.17, 15) is 8.42 Å². The third-order valence-electron chi connectivity index (χ3n) is 4.91. The first-order chi connectivity index (χ1) is 12.2. The lowest BCUT2D eigenvalue weighted by atomic mass is 10.0. The normalized spacial score (nSPS) is 20.8. The van der Waals surface area contributed by atoms with Crippen molar-refractivity contribution in [1.29, 1.82) is 0 Å². The average Bonchev–Trinajstić information content (AvgIpc) is 2.63. The second kappa shape index (κ2) is 6.56. The molecule has 2 aromatic carbocycles. The summed E-state index contributed by atoms with van der Waals surface area (Å²) in [7, 11) is -3.57. The van der Waals surface area contributed by atoms with Crippen molar-refractivity contribution in [2.75, 3.05) is 13.1 Å². The van der Waals surface area contributed by atoms with E-state index in [1.165, 1.54) is 6.42 Å². The molecule has 130 valence electrons. The Bertz CT molecular complexity index is 857. The lowest BCUT2D eigenvalue weighted by molar-refractivity contribution is 0.190. The molecule has 2 heterocycles. The number of rotatable bonds is 4. The van der Waals surface area contributed by atoms with E-state index in [1.807, 2.05) is 36.4 Å².